The van der Waals surface area contributed by atoms with Crippen LogP contribution in [0.25, 0.3) is 10.8 Å². The minimum atomic E-state index is -0.0694. The molecule has 0 radical (unpaired) electrons. The Balaban J connectivity index is 1.77. The third-order valence-electron chi connectivity index (χ3n) is 5.03. The first-order valence-electron chi connectivity index (χ1n) is 8.53. The van der Waals surface area contributed by atoms with Gasteiger partial charge in [0.25, 0.3) is 5.56 Å². The normalized spacial score (nSPS) is 19.4. The first-order chi connectivity index (χ1) is 12.1. The third kappa shape index (κ3) is 2.61. The van der Waals surface area contributed by atoms with Gasteiger partial charge in [-0.1, -0.05) is 42.5 Å². The number of rotatable bonds is 3. The molecule has 2 aromatic carbocycles. The highest BCUT2D eigenvalue weighted by Gasteiger charge is 2.34. The van der Waals surface area contributed by atoms with Crippen LogP contribution in [0, 0.1) is 0 Å². The number of aryl methyl sites for hydroxylation is 1. The molecule has 0 aliphatic heterocycles. The summed E-state index contributed by atoms with van der Waals surface area (Å²) in [5.41, 5.74) is 2.66. The highest BCUT2D eigenvalue weighted by Crippen LogP contribution is 2.36. The Morgan fingerprint density at radius 1 is 1.08 bits per heavy atom. The van der Waals surface area contributed by atoms with Crippen LogP contribution < -0.4 is 10.9 Å². The van der Waals surface area contributed by atoms with Gasteiger partial charge >= 0.3 is 0 Å². The van der Waals surface area contributed by atoms with Crippen LogP contribution >= 0.6 is 0 Å². The van der Waals surface area contributed by atoms with E-state index >= 15 is 0 Å². The van der Waals surface area contributed by atoms with Gasteiger partial charge < -0.3 is 10.2 Å². The maximum atomic E-state index is 12.3. The molecule has 0 bridgehead atoms. The van der Waals surface area contributed by atoms with E-state index in [0.29, 0.717) is 5.39 Å². The second-order valence-corrected chi connectivity index (χ2v) is 6.89. The topological polar surface area (TPSA) is 50.2 Å². The molecule has 0 spiro atoms. The average molecular weight is 334 g/mol. The summed E-state index contributed by atoms with van der Waals surface area (Å²) < 4.78 is 1.41. The molecule has 1 aliphatic carbocycles. The molecule has 1 heterocycles. The number of nitrogens with one attached hydrogen (secondary N) is 1. The van der Waals surface area contributed by atoms with Crippen molar-refractivity contribution in [1.82, 2.24) is 14.7 Å². The summed E-state index contributed by atoms with van der Waals surface area (Å²) in [6.07, 6.45) is 0.942. The predicted octanol–water partition coefficient (Wildman–Crippen LogP) is 2.57. The largest absolute Gasteiger partial charge is 0.363 e. The first-order valence-corrected chi connectivity index (χ1v) is 8.53. The SMILES string of the molecule is CN(C)[C@H]1c2ccccc2C[C@H]1Nc1nn(C)c(=O)c2ccccc12. The monoisotopic (exact) mass is 334 g/mol. The van der Waals surface area contributed by atoms with Crippen molar-refractivity contribution in [2.75, 3.05) is 19.4 Å². The number of nitrogens with zero attached hydrogens (tertiary/aromatic N) is 3. The molecule has 128 valence electrons. The Labute approximate surface area is 146 Å². The van der Waals surface area contributed by atoms with Gasteiger partial charge in [-0.3, -0.25) is 4.79 Å². The number of hydrogen-bond donors (Lipinski definition) is 1. The zero-order valence-corrected chi connectivity index (χ0v) is 14.7. The molecule has 5 nitrogen and oxygen atoms in total. The summed E-state index contributed by atoms with van der Waals surface area (Å²) in [5, 5.41) is 9.68. The molecule has 25 heavy (non-hydrogen) atoms. The van der Waals surface area contributed by atoms with E-state index in [9.17, 15) is 4.79 Å². The number of likely N-dealkylation sites (N-methyl/N-ethyl adjacent to an activating group) is 1. The van der Waals surface area contributed by atoms with Gasteiger partial charge in [0, 0.05) is 12.4 Å². The van der Waals surface area contributed by atoms with Crippen LogP contribution in [0.2, 0.25) is 0 Å². The van der Waals surface area contributed by atoms with E-state index < -0.39 is 0 Å². The van der Waals surface area contributed by atoms with Crippen LogP contribution in [-0.2, 0) is 13.5 Å². The lowest BCUT2D eigenvalue weighted by atomic mass is 10.1. The van der Waals surface area contributed by atoms with Crippen LogP contribution in [0.15, 0.2) is 53.3 Å². The molecule has 0 unspecified atom stereocenters. The van der Waals surface area contributed by atoms with Crippen LogP contribution in [0.5, 0.6) is 0 Å². The minimum absolute atomic E-state index is 0.0694. The van der Waals surface area contributed by atoms with Crippen molar-refractivity contribution in [2.45, 2.75) is 18.5 Å². The molecule has 2 atom stereocenters. The van der Waals surface area contributed by atoms with Gasteiger partial charge in [-0.2, -0.15) is 5.10 Å². The van der Waals surface area contributed by atoms with Crippen molar-refractivity contribution in [2.24, 2.45) is 7.05 Å². The van der Waals surface area contributed by atoms with E-state index in [4.69, 9.17) is 0 Å². The molecule has 0 saturated carbocycles. The van der Waals surface area contributed by atoms with Gasteiger partial charge in [0.2, 0.25) is 0 Å². The fourth-order valence-electron chi connectivity index (χ4n) is 3.92. The minimum Gasteiger partial charge on any atom is -0.363 e. The zero-order valence-electron chi connectivity index (χ0n) is 14.7. The highest BCUT2D eigenvalue weighted by molar-refractivity contribution is 5.91. The van der Waals surface area contributed by atoms with Crippen molar-refractivity contribution in [1.29, 1.82) is 0 Å². The lowest BCUT2D eigenvalue weighted by molar-refractivity contribution is 0.282. The fraction of sp³-hybridized carbons (Fsp3) is 0.300. The van der Waals surface area contributed by atoms with Crippen LogP contribution in [0.3, 0.4) is 0 Å². The van der Waals surface area contributed by atoms with Crippen LogP contribution in [0.4, 0.5) is 5.82 Å². The van der Waals surface area contributed by atoms with Crippen molar-refractivity contribution < 1.29 is 0 Å². The summed E-state index contributed by atoms with van der Waals surface area (Å²) >= 11 is 0. The molecule has 5 heteroatoms. The standard InChI is InChI=1S/C20H22N4O/c1-23(2)18-14-9-5-4-8-13(14)12-17(18)21-19-15-10-6-7-11-16(15)20(25)24(3)22-19/h4-11,17-18H,12H2,1-3H3,(H,21,22)/t17-,18+/m1/s1. The first kappa shape index (κ1) is 15.8. The van der Waals surface area contributed by atoms with E-state index in [0.717, 1.165) is 17.6 Å². The molecule has 0 fully saturated rings. The molecule has 4 rings (SSSR count). The Kier molecular flexibility index (Phi) is 3.81. The van der Waals surface area contributed by atoms with E-state index in [2.05, 4.69) is 53.7 Å². The average Bonchev–Trinajstić information content (AvgIpc) is 2.97. The number of fused-ring (bicyclic) bond motifs is 2. The maximum Gasteiger partial charge on any atom is 0.274 e. The van der Waals surface area contributed by atoms with Gasteiger partial charge in [-0.25, -0.2) is 4.68 Å². The van der Waals surface area contributed by atoms with E-state index in [1.807, 2.05) is 24.3 Å². The predicted molar refractivity (Wildman–Crippen MR) is 101 cm³/mol. The van der Waals surface area contributed by atoms with Crippen molar-refractivity contribution >= 4 is 16.6 Å². The number of aromatic nitrogens is 2. The van der Waals surface area contributed by atoms with Gasteiger partial charge in [0.05, 0.1) is 17.5 Å². The van der Waals surface area contributed by atoms with Gasteiger partial charge in [0.1, 0.15) is 0 Å². The molecule has 0 amide bonds. The van der Waals surface area contributed by atoms with Crippen LogP contribution in [-0.4, -0.2) is 34.8 Å². The number of hydrogen-bond acceptors (Lipinski definition) is 4. The molecule has 1 N–H and O–H groups in total. The van der Waals surface area contributed by atoms with E-state index in [1.54, 1.807) is 7.05 Å². The molecule has 0 saturated heterocycles. The fourth-order valence-corrected chi connectivity index (χ4v) is 3.92. The number of anilines is 1. The lowest BCUT2D eigenvalue weighted by Gasteiger charge is -2.28. The van der Waals surface area contributed by atoms with Crippen LogP contribution in [0.1, 0.15) is 17.2 Å². The Morgan fingerprint density at radius 3 is 2.52 bits per heavy atom. The smallest absolute Gasteiger partial charge is 0.274 e. The molecular formula is C20H22N4O. The summed E-state index contributed by atoms with van der Waals surface area (Å²) in [7, 11) is 5.91. The van der Waals surface area contributed by atoms with E-state index in [1.165, 1.54) is 15.8 Å². The highest BCUT2D eigenvalue weighted by atomic mass is 16.1. The Morgan fingerprint density at radius 2 is 1.76 bits per heavy atom. The van der Waals surface area contributed by atoms with Gasteiger partial charge in [-0.05, 0) is 37.7 Å². The molecule has 1 aromatic heterocycles. The molecular weight excluding hydrogens is 312 g/mol. The summed E-state index contributed by atoms with van der Waals surface area (Å²) in [6, 6.07) is 16.7. The van der Waals surface area contributed by atoms with Crippen molar-refractivity contribution in [3.8, 4) is 0 Å². The van der Waals surface area contributed by atoms with Gasteiger partial charge in [0.15, 0.2) is 5.82 Å². The summed E-state index contributed by atoms with van der Waals surface area (Å²) in [5.74, 6) is 0.766. The maximum absolute atomic E-state index is 12.3. The summed E-state index contributed by atoms with van der Waals surface area (Å²) in [4.78, 5) is 14.6. The second-order valence-electron chi connectivity index (χ2n) is 6.89. The summed E-state index contributed by atoms with van der Waals surface area (Å²) in [6.45, 7) is 0. The Hall–Kier alpha value is -2.66. The van der Waals surface area contributed by atoms with Crippen molar-refractivity contribution in [3.05, 3.63) is 70.0 Å². The second kappa shape index (κ2) is 6.01. The molecule has 1 aliphatic rings. The van der Waals surface area contributed by atoms with E-state index in [-0.39, 0.29) is 17.6 Å². The zero-order chi connectivity index (χ0) is 17.6. The molecule has 3 aromatic rings. The Bertz CT molecular complexity index is 992. The van der Waals surface area contributed by atoms with Crippen molar-refractivity contribution in [3.63, 3.8) is 0 Å². The van der Waals surface area contributed by atoms with Gasteiger partial charge in [-0.15, -0.1) is 0 Å². The quantitative estimate of drug-likeness (QED) is 0.800. The third-order valence-corrected chi connectivity index (χ3v) is 5.03. The number of benzene rings is 2. The lowest BCUT2D eigenvalue weighted by Crippen LogP contribution is -2.34.